The Hall–Kier alpha value is -1.55. The number of carbonyl (C=O) groups excluding carboxylic acids is 1. The number of aryl methyl sites for hydroxylation is 1. The van der Waals surface area contributed by atoms with Crippen LogP contribution in [0.4, 0.5) is 0 Å². The summed E-state index contributed by atoms with van der Waals surface area (Å²) >= 11 is 0. The van der Waals surface area contributed by atoms with E-state index in [1.54, 1.807) is 7.11 Å². The highest BCUT2D eigenvalue weighted by atomic mass is 16.5. The van der Waals surface area contributed by atoms with Crippen molar-refractivity contribution in [1.82, 2.24) is 10.6 Å². The Morgan fingerprint density at radius 1 is 1.50 bits per heavy atom. The van der Waals surface area contributed by atoms with Crippen LogP contribution in [-0.4, -0.2) is 32.7 Å². The highest BCUT2D eigenvalue weighted by Gasteiger charge is 2.22. The van der Waals surface area contributed by atoms with E-state index in [0.717, 1.165) is 18.7 Å². The number of benzene rings is 1. The van der Waals surface area contributed by atoms with Crippen LogP contribution in [0, 0.1) is 18.8 Å². The summed E-state index contributed by atoms with van der Waals surface area (Å²) in [5.74, 6) is 1.73. The van der Waals surface area contributed by atoms with Crippen LogP contribution in [0.25, 0.3) is 0 Å². The molecule has 1 aliphatic heterocycles. The zero-order valence-electron chi connectivity index (χ0n) is 12.5. The number of ether oxygens (including phenoxy) is 1. The molecule has 1 heterocycles. The third kappa shape index (κ3) is 3.51. The van der Waals surface area contributed by atoms with Crippen molar-refractivity contribution in [2.24, 2.45) is 11.8 Å². The van der Waals surface area contributed by atoms with Crippen molar-refractivity contribution in [2.45, 2.75) is 20.3 Å². The van der Waals surface area contributed by atoms with E-state index >= 15 is 0 Å². The van der Waals surface area contributed by atoms with Gasteiger partial charge in [-0.3, -0.25) is 4.79 Å². The van der Waals surface area contributed by atoms with Gasteiger partial charge in [-0.25, -0.2) is 0 Å². The topological polar surface area (TPSA) is 50.4 Å². The second-order valence-electron chi connectivity index (χ2n) is 5.64. The Labute approximate surface area is 120 Å². The fourth-order valence-corrected chi connectivity index (χ4v) is 2.65. The van der Waals surface area contributed by atoms with Gasteiger partial charge in [-0.1, -0.05) is 18.6 Å². The summed E-state index contributed by atoms with van der Waals surface area (Å²) in [6, 6.07) is 5.66. The highest BCUT2D eigenvalue weighted by molar-refractivity contribution is 5.97. The Bertz CT molecular complexity index is 474. The maximum absolute atomic E-state index is 12.3. The van der Waals surface area contributed by atoms with Gasteiger partial charge >= 0.3 is 0 Å². The lowest BCUT2D eigenvalue weighted by atomic mass is 9.88. The van der Waals surface area contributed by atoms with Crippen LogP contribution in [0.15, 0.2) is 18.2 Å². The van der Waals surface area contributed by atoms with E-state index < -0.39 is 0 Å². The largest absolute Gasteiger partial charge is 0.496 e. The number of rotatable bonds is 4. The zero-order valence-corrected chi connectivity index (χ0v) is 12.5. The van der Waals surface area contributed by atoms with E-state index in [1.807, 2.05) is 25.1 Å². The van der Waals surface area contributed by atoms with Crippen LogP contribution in [0.5, 0.6) is 5.75 Å². The van der Waals surface area contributed by atoms with Crippen LogP contribution in [0.2, 0.25) is 0 Å². The third-order valence-corrected chi connectivity index (χ3v) is 4.11. The Morgan fingerprint density at radius 2 is 2.30 bits per heavy atom. The summed E-state index contributed by atoms with van der Waals surface area (Å²) in [6.07, 6.45) is 1.17. The van der Waals surface area contributed by atoms with Crippen LogP contribution in [0.1, 0.15) is 29.3 Å². The van der Waals surface area contributed by atoms with Gasteiger partial charge in [0.25, 0.3) is 5.91 Å². The monoisotopic (exact) mass is 276 g/mol. The minimum atomic E-state index is -0.0525. The van der Waals surface area contributed by atoms with E-state index in [-0.39, 0.29) is 5.91 Å². The van der Waals surface area contributed by atoms with Gasteiger partial charge in [0.2, 0.25) is 0 Å². The first-order chi connectivity index (χ1) is 9.61. The van der Waals surface area contributed by atoms with Crippen molar-refractivity contribution >= 4 is 5.91 Å². The van der Waals surface area contributed by atoms with Gasteiger partial charge in [-0.15, -0.1) is 0 Å². The normalized spacial score (nSPS) is 22.4. The van der Waals surface area contributed by atoms with Gasteiger partial charge < -0.3 is 15.4 Å². The van der Waals surface area contributed by atoms with Crippen LogP contribution < -0.4 is 15.4 Å². The number of nitrogens with one attached hydrogen (secondary N) is 2. The number of amides is 1. The molecule has 2 rings (SSSR count). The van der Waals surface area contributed by atoms with Gasteiger partial charge in [0.05, 0.1) is 12.7 Å². The van der Waals surface area contributed by atoms with Gasteiger partial charge in [0.1, 0.15) is 5.75 Å². The third-order valence-electron chi connectivity index (χ3n) is 4.11. The molecule has 1 aromatic rings. The van der Waals surface area contributed by atoms with Crippen molar-refractivity contribution in [1.29, 1.82) is 0 Å². The molecule has 0 aromatic heterocycles. The quantitative estimate of drug-likeness (QED) is 0.884. The minimum absolute atomic E-state index is 0.0525. The lowest BCUT2D eigenvalue weighted by molar-refractivity contribution is 0.0935. The summed E-state index contributed by atoms with van der Waals surface area (Å²) in [5.41, 5.74) is 1.67. The number of hydrogen-bond acceptors (Lipinski definition) is 3. The van der Waals surface area contributed by atoms with Gasteiger partial charge in [0, 0.05) is 6.54 Å². The second kappa shape index (κ2) is 6.75. The molecule has 4 heteroatoms. The first-order valence-electron chi connectivity index (χ1n) is 7.25. The summed E-state index contributed by atoms with van der Waals surface area (Å²) in [5, 5.41) is 6.43. The van der Waals surface area contributed by atoms with Crippen molar-refractivity contribution in [3.05, 3.63) is 29.3 Å². The number of carbonyl (C=O) groups is 1. The van der Waals surface area contributed by atoms with Crippen LogP contribution in [0.3, 0.4) is 0 Å². The second-order valence-corrected chi connectivity index (χ2v) is 5.64. The molecule has 0 saturated carbocycles. The predicted molar refractivity (Wildman–Crippen MR) is 80.2 cm³/mol. The predicted octanol–water partition coefficient (Wildman–Crippen LogP) is 1.98. The lowest BCUT2D eigenvalue weighted by Crippen LogP contribution is -2.42. The lowest BCUT2D eigenvalue weighted by Gasteiger charge is -2.29. The zero-order chi connectivity index (χ0) is 14.5. The summed E-state index contributed by atoms with van der Waals surface area (Å²) in [4.78, 5) is 12.3. The van der Waals surface area contributed by atoms with E-state index in [0.29, 0.717) is 29.7 Å². The Morgan fingerprint density at radius 3 is 3.00 bits per heavy atom. The van der Waals surface area contributed by atoms with Crippen molar-refractivity contribution in [3.63, 3.8) is 0 Å². The molecule has 0 spiro atoms. The summed E-state index contributed by atoms with van der Waals surface area (Å²) < 4.78 is 5.26. The molecule has 2 N–H and O–H groups in total. The van der Waals surface area contributed by atoms with Crippen molar-refractivity contribution in [2.75, 3.05) is 26.7 Å². The average molecular weight is 276 g/mol. The van der Waals surface area contributed by atoms with Gasteiger partial charge in [0.15, 0.2) is 0 Å². The summed E-state index contributed by atoms with van der Waals surface area (Å²) in [7, 11) is 1.59. The molecule has 110 valence electrons. The Kier molecular flexibility index (Phi) is 5.01. The fraction of sp³-hybridized carbons (Fsp3) is 0.562. The van der Waals surface area contributed by atoms with E-state index in [1.165, 1.54) is 6.42 Å². The molecule has 0 bridgehead atoms. The maximum Gasteiger partial charge on any atom is 0.255 e. The highest BCUT2D eigenvalue weighted by Crippen LogP contribution is 2.21. The first-order valence-corrected chi connectivity index (χ1v) is 7.25. The fourth-order valence-electron chi connectivity index (χ4n) is 2.65. The van der Waals surface area contributed by atoms with E-state index in [4.69, 9.17) is 4.74 Å². The number of piperidine rings is 1. The minimum Gasteiger partial charge on any atom is -0.496 e. The maximum atomic E-state index is 12.3. The smallest absolute Gasteiger partial charge is 0.255 e. The van der Waals surface area contributed by atoms with Crippen LogP contribution in [-0.2, 0) is 0 Å². The number of hydrogen-bond donors (Lipinski definition) is 2. The molecule has 0 aliphatic carbocycles. The molecule has 4 nitrogen and oxygen atoms in total. The average Bonchev–Trinajstić information content (AvgIpc) is 2.46. The molecule has 1 aromatic carbocycles. The molecule has 2 atom stereocenters. The van der Waals surface area contributed by atoms with Crippen molar-refractivity contribution < 1.29 is 9.53 Å². The molecule has 20 heavy (non-hydrogen) atoms. The molecule has 1 aliphatic rings. The Balaban J connectivity index is 1.99. The molecule has 2 unspecified atom stereocenters. The molecule has 0 radical (unpaired) electrons. The first kappa shape index (κ1) is 14.9. The number of methoxy groups -OCH3 is 1. The van der Waals surface area contributed by atoms with E-state index in [9.17, 15) is 4.79 Å². The molecule has 1 saturated heterocycles. The molecule has 1 amide bonds. The van der Waals surface area contributed by atoms with Gasteiger partial charge in [-0.2, -0.15) is 0 Å². The molecular weight excluding hydrogens is 252 g/mol. The standard InChI is InChI=1S/C16H24N2O2/c1-11-4-5-15(20-3)14(8-11)16(19)18-10-13-9-17-7-6-12(13)2/h4-5,8,12-13,17H,6-7,9-10H2,1-3H3,(H,18,19). The van der Waals surface area contributed by atoms with Crippen molar-refractivity contribution in [3.8, 4) is 5.75 Å². The van der Waals surface area contributed by atoms with Gasteiger partial charge in [-0.05, 0) is 50.4 Å². The summed E-state index contributed by atoms with van der Waals surface area (Å²) in [6.45, 7) is 7.00. The SMILES string of the molecule is COc1ccc(C)cc1C(=O)NCC1CNCCC1C. The van der Waals surface area contributed by atoms with Crippen LogP contribution >= 0.6 is 0 Å². The molecule has 1 fully saturated rings. The molecular formula is C16H24N2O2. The van der Waals surface area contributed by atoms with E-state index in [2.05, 4.69) is 17.6 Å².